The van der Waals surface area contributed by atoms with Crippen LogP contribution in [0.4, 0.5) is 4.79 Å². The summed E-state index contributed by atoms with van der Waals surface area (Å²) < 4.78 is 11.0. The molecule has 2 aromatic rings. The van der Waals surface area contributed by atoms with Crippen LogP contribution >= 0.6 is 0 Å². The van der Waals surface area contributed by atoms with Gasteiger partial charge in [-0.1, -0.05) is 12.1 Å². The number of rotatable bonds is 7. The fourth-order valence-electron chi connectivity index (χ4n) is 2.01. The average molecular weight is 343 g/mol. The molecular formula is C17H17N3O5. The number of urea groups is 1. The van der Waals surface area contributed by atoms with Crippen molar-refractivity contribution in [1.82, 2.24) is 5.43 Å². The van der Waals surface area contributed by atoms with E-state index in [2.05, 4.69) is 10.5 Å². The number of primary amides is 1. The van der Waals surface area contributed by atoms with Crippen molar-refractivity contribution >= 4 is 18.2 Å². The molecule has 0 aliphatic heterocycles. The molecule has 0 radical (unpaired) electrons. The minimum atomic E-state index is -0.993. The number of nitrogens with two attached hydrogens (primary N) is 1. The molecule has 25 heavy (non-hydrogen) atoms. The molecule has 0 saturated carbocycles. The zero-order valence-electron chi connectivity index (χ0n) is 13.4. The molecule has 0 unspecified atom stereocenters. The van der Waals surface area contributed by atoms with Crippen LogP contribution in [0.1, 0.15) is 21.5 Å². The smallest absolute Gasteiger partial charge is 0.335 e. The van der Waals surface area contributed by atoms with E-state index in [4.69, 9.17) is 20.3 Å². The molecule has 0 aliphatic rings. The van der Waals surface area contributed by atoms with E-state index in [0.717, 1.165) is 5.56 Å². The quantitative estimate of drug-likeness (QED) is 0.524. The van der Waals surface area contributed by atoms with Gasteiger partial charge in [-0.15, -0.1) is 0 Å². The van der Waals surface area contributed by atoms with Crippen molar-refractivity contribution in [3.8, 4) is 11.5 Å². The summed E-state index contributed by atoms with van der Waals surface area (Å²) in [6.07, 6.45) is 1.41. The number of carboxylic acids is 1. The third kappa shape index (κ3) is 5.24. The van der Waals surface area contributed by atoms with Gasteiger partial charge in [-0.25, -0.2) is 15.0 Å². The monoisotopic (exact) mass is 343 g/mol. The summed E-state index contributed by atoms with van der Waals surface area (Å²) in [6.45, 7) is 0.189. The lowest BCUT2D eigenvalue weighted by atomic mass is 10.1. The number of methoxy groups -OCH3 is 1. The molecule has 0 spiro atoms. The van der Waals surface area contributed by atoms with Gasteiger partial charge in [0.15, 0.2) is 11.5 Å². The SMILES string of the molecule is COc1cc(/C=N\NC(N)=O)ccc1OCc1cccc(C(=O)O)c1. The van der Waals surface area contributed by atoms with Gasteiger partial charge in [0.05, 0.1) is 18.9 Å². The number of hydrogen-bond acceptors (Lipinski definition) is 5. The van der Waals surface area contributed by atoms with Gasteiger partial charge in [-0.3, -0.25) is 0 Å². The Labute approximate surface area is 143 Å². The van der Waals surface area contributed by atoms with E-state index in [1.165, 1.54) is 19.4 Å². The molecule has 4 N–H and O–H groups in total. The van der Waals surface area contributed by atoms with E-state index in [1.807, 2.05) is 0 Å². The van der Waals surface area contributed by atoms with Crippen molar-refractivity contribution < 1.29 is 24.2 Å². The first-order valence-electron chi connectivity index (χ1n) is 7.21. The van der Waals surface area contributed by atoms with Crippen LogP contribution in [-0.2, 0) is 6.61 Å². The van der Waals surface area contributed by atoms with Crippen molar-refractivity contribution in [2.45, 2.75) is 6.61 Å². The summed E-state index contributed by atoms with van der Waals surface area (Å²) in [4.78, 5) is 21.6. The van der Waals surface area contributed by atoms with Gasteiger partial charge in [0.1, 0.15) is 6.61 Å². The Hall–Kier alpha value is -3.55. The van der Waals surface area contributed by atoms with E-state index in [9.17, 15) is 9.59 Å². The Bertz CT molecular complexity index is 805. The number of nitrogens with zero attached hydrogens (tertiary/aromatic N) is 1. The number of carboxylic acid groups (broad SMARTS) is 1. The zero-order chi connectivity index (χ0) is 18.2. The van der Waals surface area contributed by atoms with E-state index in [1.54, 1.807) is 36.4 Å². The van der Waals surface area contributed by atoms with Crippen LogP contribution in [0.25, 0.3) is 0 Å². The van der Waals surface area contributed by atoms with Gasteiger partial charge in [-0.05, 0) is 41.5 Å². The van der Waals surface area contributed by atoms with Crippen molar-refractivity contribution in [2.24, 2.45) is 10.8 Å². The predicted molar refractivity (Wildman–Crippen MR) is 91.0 cm³/mol. The standard InChI is InChI=1S/C17H17N3O5/c1-24-15-8-11(9-19-20-17(18)23)5-6-14(15)25-10-12-3-2-4-13(7-12)16(21)22/h2-9H,10H2,1H3,(H,21,22)(H3,18,20,23)/b19-9-. The van der Waals surface area contributed by atoms with Gasteiger partial charge in [-0.2, -0.15) is 5.10 Å². The van der Waals surface area contributed by atoms with Crippen LogP contribution in [0.2, 0.25) is 0 Å². The minimum Gasteiger partial charge on any atom is -0.493 e. The number of carbonyl (C=O) groups is 2. The first-order valence-corrected chi connectivity index (χ1v) is 7.21. The maximum Gasteiger partial charge on any atom is 0.335 e. The molecule has 0 aliphatic carbocycles. The molecule has 2 aromatic carbocycles. The van der Waals surface area contributed by atoms with Gasteiger partial charge < -0.3 is 20.3 Å². The lowest BCUT2D eigenvalue weighted by Crippen LogP contribution is -2.24. The van der Waals surface area contributed by atoms with E-state index in [-0.39, 0.29) is 12.2 Å². The summed E-state index contributed by atoms with van der Waals surface area (Å²) >= 11 is 0. The minimum absolute atomic E-state index is 0.189. The van der Waals surface area contributed by atoms with Crippen LogP contribution in [0.15, 0.2) is 47.6 Å². The normalized spacial score (nSPS) is 10.4. The number of carbonyl (C=O) groups excluding carboxylic acids is 1. The summed E-state index contributed by atoms with van der Waals surface area (Å²) in [5.41, 5.74) is 8.60. The molecule has 8 nitrogen and oxygen atoms in total. The number of hydrazone groups is 1. The highest BCUT2D eigenvalue weighted by Gasteiger charge is 2.07. The topological polar surface area (TPSA) is 123 Å². The number of hydrogen-bond donors (Lipinski definition) is 3. The number of amides is 2. The second kappa shape index (κ2) is 8.34. The average Bonchev–Trinajstić information content (AvgIpc) is 2.60. The van der Waals surface area contributed by atoms with Gasteiger partial charge in [0.25, 0.3) is 0 Å². The fourth-order valence-corrected chi connectivity index (χ4v) is 2.01. The third-order valence-corrected chi connectivity index (χ3v) is 3.14. The molecule has 0 aromatic heterocycles. The highest BCUT2D eigenvalue weighted by atomic mass is 16.5. The maximum atomic E-state index is 11.0. The van der Waals surface area contributed by atoms with Crippen molar-refractivity contribution in [3.05, 3.63) is 59.2 Å². The lowest BCUT2D eigenvalue weighted by molar-refractivity contribution is 0.0696. The Kier molecular flexibility index (Phi) is 5.94. The maximum absolute atomic E-state index is 11.0. The Morgan fingerprint density at radius 1 is 1.24 bits per heavy atom. The Balaban J connectivity index is 2.09. The molecule has 2 rings (SSSR count). The van der Waals surface area contributed by atoms with E-state index in [0.29, 0.717) is 17.1 Å². The number of benzene rings is 2. The van der Waals surface area contributed by atoms with Crippen LogP contribution in [-0.4, -0.2) is 30.4 Å². The highest BCUT2D eigenvalue weighted by Crippen LogP contribution is 2.28. The zero-order valence-corrected chi connectivity index (χ0v) is 13.4. The van der Waals surface area contributed by atoms with Crippen LogP contribution in [0.3, 0.4) is 0 Å². The van der Waals surface area contributed by atoms with Gasteiger partial charge in [0, 0.05) is 0 Å². The fraction of sp³-hybridized carbons (Fsp3) is 0.118. The van der Waals surface area contributed by atoms with Gasteiger partial charge >= 0.3 is 12.0 Å². The van der Waals surface area contributed by atoms with Crippen LogP contribution < -0.4 is 20.6 Å². The predicted octanol–water partition coefficient (Wildman–Crippen LogP) is 1.97. The highest BCUT2D eigenvalue weighted by molar-refractivity contribution is 5.87. The second-order valence-electron chi connectivity index (χ2n) is 4.94. The molecule has 0 saturated heterocycles. The van der Waals surface area contributed by atoms with Crippen molar-refractivity contribution in [1.29, 1.82) is 0 Å². The molecular weight excluding hydrogens is 326 g/mol. The Morgan fingerprint density at radius 3 is 2.72 bits per heavy atom. The van der Waals surface area contributed by atoms with Crippen LogP contribution in [0, 0.1) is 0 Å². The largest absolute Gasteiger partial charge is 0.493 e. The van der Waals surface area contributed by atoms with E-state index < -0.39 is 12.0 Å². The van der Waals surface area contributed by atoms with Crippen LogP contribution in [0.5, 0.6) is 11.5 Å². The molecule has 0 fully saturated rings. The number of nitrogens with one attached hydrogen (secondary N) is 1. The molecule has 0 atom stereocenters. The Morgan fingerprint density at radius 2 is 2.04 bits per heavy atom. The summed E-state index contributed by atoms with van der Waals surface area (Å²) in [6, 6.07) is 10.8. The van der Waals surface area contributed by atoms with Gasteiger partial charge in [0.2, 0.25) is 0 Å². The molecule has 8 heteroatoms. The summed E-state index contributed by atoms with van der Waals surface area (Å²) in [5, 5.41) is 12.7. The first kappa shape index (κ1) is 17.8. The molecule has 0 bridgehead atoms. The molecule has 130 valence electrons. The second-order valence-corrected chi connectivity index (χ2v) is 4.94. The number of ether oxygens (including phenoxy) is 2. The lowest BCUT2D eigenvalue weighted by Gasteiger charge is -2.11. The summed E-state index contributed by atoms with van der Waals surface area (Å²) in [5.74, 6) is -0.0340. The third-order valence-electron chi connectivity index (χ3n) is 3.14. The van der Waals surface area contributed by atoms with E-state index >= 15 is 0 Å². The molecule has 2 amide bonds. The number of aromatic carboxylic acids is 1. The summed E-state index contributed by atoms with van der Waals surface area (Å²) in [7, 11) is 1.50. The first-order chi connectivity index (χ1) is 12.0. The van der Waals surface area contributed by atoms with Crippen molar-refractivity contribution in [2.75, 3.05) is 7.11 Å². The van der Waals surface area contributed by atoms with Crippen molar-refractivity contribution in [3.63, 3.8) is 0 Å². The molecule has 0 heterocycles.